The van der Waals surface area contributed by atoms with Gasteiger partial charge in [0.05, 0.1) is 0 Å². The summed E-state index contributed by atoms with van der Waals surface area (Å²) in [6, 6.07) is 12.3. The highest BCUT2D eigenvalue weighted by atomic mass is 19.1. The Bertz CT molecular complexity index is 683. The number of ether oxygens (including phenoxy) is 1. The van der Waals surface area contributed by atoms with Crippen LogP contribution < -0.4 is 10.1 Å². The SMILES string of the molecule is Cc1ccc(O[C@@H](C)C(=O)NCCCc2ccc(F)cc2)c(C)c1. The lowest BCUT2D eigenvalue weighted by atomic mass is 10.1. The minimum Gasteiger partial charge on any atom is -0.481 e. The first kappa shape index (κ1) is 18.0. The Labute approximate surface area is 142 Å². The van der Waals surface area contributed by atoms with E-state index in [1.807, 2.05) is 32.0 Å². The van der Waals surface area contributed by atoms with Gasteiger partial charge in [0, 0.05) is 6.54 Å². The molecule has 1 amide bonds. The highest BCUT2D eigenvalue weighted by molar-refractivity contribution is 5.80. The topological polar surface area (TPSA) is 38.3 Å². The average molecular weight is 329 g/mol. The molecule has 2 aromatic carbocycles. The molecule has 0 spiro atoms. The third-order valence-electron chi connectivity index (χ3n) is 3.86. The molecule has 1 atom stereocenters. The van der Waals surface area contributed by atoms with Gasteiger partial charge in [-0.2, -0.15) is 0 Å². The molecule has 0 radical (unpaired) electrons. The van der Waals surface area contributed by atoms with Crippen molar-refractivity contribution in [1.82, 2.24) is 5.32 Å². The van der Waals surface area contributed by atoms with E-state index in [1.165, 1.54) is 12.1 Å². The quantitative estimate of drug-likeness (QED) is 0.781. The van der Waals surface area contributed by atoms with Gasteiger partial charge >= 0.3 is 0 Å². The number of nitrogens with one attached hydrogen (secondary N) is 1. The number of aryl methyl sites for hydroxylation is 3. The van der Waals surface area contributed by atoms with Crippen LogP contribution in [0.15, 0.2) is 42.5 Å². The lowest BCUT2D eigenvalue weighted by Crippen LogP contribution is -2.37. The predicted octanol–water partition coefficient (Wildman–Crippen LogP) is 3.96. The van der Waals surface area contributed by atoms with E-state index in [0.717, 1.165) is 35.3 Å². The second-order valence-corrected chi connectivity index (χ2v) is 6.05. The summed E-state index contributed by atoms with van der Waals surface area (Å²) in [5, 5.41) is 2.88. The van der Waals surface area contributed by atoms with Crippen LogP contribution in [0, 0.1) is 19.7 Å². The highest BCUT2D eigenvalue weighted by Crippen LogP contribution is 2.20. The molecule has 0 heterocycles. The first-order valence-corrected chi connectivity index (χ1v) is 8.22. The molecule has 1 N–H and O–H groups in total. The molecular formula is C20H24FNO2. The van der Waals surface area contributed by atoms with E-state index in [-0.39, 0.29) is 11.7 Å². The monoisotopic (exact) mass is 329 g/mol. The lowest BCUT2D eigenvalue weighted by molar-refractivity contribution is -0.127. The van der Waals surface area contributed by atoms with Crippen LogP contribution in [-0.2, 0) is 11.2 Å². The fraction of sp³-hybridized carbons (Fsp3) is 0.350. The molecule has 24 heavy (non-hydrogen) atoms. The van der Waals surface area contributed by atoms with Gasteiger partial charge < -0.3 is 10.1 Å². The minimum absolute atomic E-state index is 0.130. The Kier molecular flexibility index (Phi) is 6.36. The van der Waals surface area contributed by atoms with E-state index >= 15 is 0 Å². The Balaban J connectivity index is 1.74. The van der Waals surface area contributed by atoms with Crippen molar-refractivity contribution in [3.05, 3.63) is 65.0 Å². The molecule has 0 fully saturated rings. The van der Waals surface area contributed by atoms with Crippen LogP contribution in [0.2, 0.25) is 0 Å². The van der Waals surface area contributed by atoms with Gasteiger partial charge in [-0.05, 0) is 62.9 Å². The molecule has 0 saturated heterocycles. The van der Waals surface area contributed by atoms with E-state index in [1.54, 1.807) is 19.1 Å². The van der Waals surface area contributed by atoms with Gasteiger partial charge in [0.1, 0.15) is 11.6 Å². The molecular weight excluding hydrogens is 305 g/mol. The standard InChI is InChI=1S/C20H24FNO2/c1-14-6-11-19(15(2)13-14)24-16(3)20(23)22-12-4-5-17-7-9-18(21)10-8-17/h6-11,13,16H,4-5,12H2,1-3H3,(H,22,23)/t16-/m0/s1. The van der Waals surface area contributed by atoms with Crippen LogP contribution in [0.5, 0.6) is 5.75 Å². The second kappa shape index (κ2) is 8.48. The molecule has 0 aliphatic rings. The second-order valence-electron chi connectivity index (χ2n) is 6.05. The zero-order valence-corrected chi connectivity index (χ0v) is 14.4. The van der Waals surface area contributed by atoms with Crippen molar-refractivity contribution in [1.29, 1.82) is 0 Å². The predicted molar refractivity (Wildman–Crippen MR) is 93.7 cm³/mol. The normalized spacial score (nSPS) is 11.8. The first-order valence-electron chi connectivity index (χ1n) is 8.22. The number of rotatable bonds is 7. The van der Waals surface area contributed by atoms with Gasteiger partial charge in [-0.25, -0.2) is 4.39 Å². The molecule has 3 nitrogen and oxygen atoms in total. The summed E-state index contributed by atoms with van der Waals surface area (Å²) in [6.45, 7) is 6.30. The third-order valence-corrected chi connectivity index (χ3v) is 3.86. The van der Waals surface area contributed by atoms with Gasteiger partial charge in [-0.3, -0.25) is 4.79 Å². The first-order chi connectivity index (χ1) is 11.5. The maximum atomic E-state index is 12.8. The molecule has 4 heteroatoms. The largest absolute Gasteiger partial charge is 0.481 e. The van der Waals surface area contributed by atoms with Crippen LogP contribution in [0.1, 0.15) is 30.0 Å². The van der Waals surface area contributed by atoms with Gasteiger partial charge in [0.2, 0.25) is 0 Å². The van der Waals surface area contributed by atoms with Crippen molar-refractivity contribution in [2.75, 3.05) is 6.54 Å². The van der Waals surface area contributed by atoms with Gasteiger partial charge in [-0.15, -0.1) is 0 Å². The van der Waals surface area contributed by atoms with E-state index < -0.39 is 6.10 Å². The molecule has 2 rings (SSSR count). The zero-order valence-electron chi connectivity index (χ0n) is 14.4. The number of halogens is 1. The van der Waals surface area contributed by atoms with Crippen LogP contribution >= 0.6 is 0 Å². The highest BCUT2D eigenvalue weighted by Gasteiger charge is 2.15. The minimum atomic E-state index is -0.544. The third kappa shape index (κ3) is 5.37. The molecule has 0 unspecified atom stereocenters. The molecule has 0 aliphatic heterocycles. The Hall–Kier alpha value is -2.36. The Morgan fingerprint density at radius 3 is 2.54 bits per heavy atom. The maximum absolute atomic E-state index is 12.8. The van der Waals surface area contributed by atoms with Crippen molar-refractivity contribution in [2.45, 2.75) is 39.7 Å². The number of carbonyl (C=O) groups excluding carboxylic acids is 1. The maximum Gasteiger partial charge on any atom is 0.260 e. The van der Waals surface area contributed by atoms with Crippen LogP contribution in [0.4, 0.5) is 4.39 Å². The molecule has 0 aromatic heterocycles. The van der Waals surface area contributed by atoms with Crippen molar-refractivity contribution in [2.24, 2.45) is 0 Å². The van der Waals surface area contributed by atoms with Gasteiger partial charge in [0.15, 0.2) is 6.10 Å². The number of hydrogen-bond donors (Lipinski definition) is 1. The Morgan fingerprint density at radius 2 is 1.88 bits per heavy atom. The number of hydrogen-bond acceptors (Lipinski definition) is 2. The number of carbonyl (C=O) groups is 1. The summed E-state index contributed by atoms with van der Waals surface area (Å²) in [5.74, 6) is 0.369. The summed E-state index contributed by atoms with van der Waals surface area (Å²) in [7, 11) is 0. The van der Waals surface area contributed by atoms with Crippen molar-refractivity contribution in [3.8, 4) is 5.75 Å². The molecule has 0 saturated carbocycles. The van der Waals surface area contributed by atoms with E-state index in [0.29, 0.717) is 6.54 Å². The summed E-state index contributed by atoms with van der Waals surface area (Å²) >= 11 is 0. The van der Waals surface area contributed by atoms with Crippen LogP contribution in [-0.4, -0.2) is 18.6 Å². The fourth-order valence-electron chi connectivity index (χ4n) is 2.47. The number of amides is 1. The molecule has 2 aromatic rings. The van der Waals surface area contributed by atoms with E-state index in [9.17, 15) is 9.18 Å². The fourth-order valence-corrected chi connectivity index (χ4v) is 2.47. The molecule has 128 valence electrons. The average Bonchev–Trinajstić information content (AvgIpc) is 2.55. The molecule has 0 bridgehead atoms. The van der Waals surface area contributed by atoms with Gasteiger partial charge in [0.25, 0.3) is 5.91 Å². The lowest BCUT2D eigenvalue weighted by Gasteiger charge is -2.16. The zero-order chi connectivity index (χ0) is 17.5. The van der Waals surface area contributed by atoms with Crippen molar-refractivity contribution >= 4 is 5.91 Å². The summed E-state index contributed by atoms with van der Waals surface area (Å²) in [4.78, 5) is 12.1. The Morgan fingerprint density at radius 1 is 1.17 bits per heavy atom. The number of benzene rings is 2. The van der Waals surface area contributed by atoms with Gasteiger partial charge in [-0.1, -0.05) is 29.8 Å². The molecule has 0 aliphatic carbocycles. The summed E-state index contributed by atoms with van der Waals surface area (Å²) in [5.41, 5.74) is 3.24. The summed E-state index contributed by atoms with van der Waals surface area (Å²) in [6.07, 6.45) is 1.05. The van der Waals surface area contributed by atoms with Crippen LogP contribution in [0.3, 0.4) is 0 Å². The smallest absolute Gasteiger partial charge is 0.260 e. The van der Waals surface area contributed by atoms with E-state index in [4.69, 9.17) is 4.74 Å². The van der Waals surface area contributed by atoms with E-state index in [2.05, 4.69) is 5.32 Å². The summed E-state index contributed by atoms with van der Waals surface area (Å²) < 4.78 is 18.6. The van der Waals surface area contributed by atoms with Crippen molar-refractivity contribution in [3.63, 3.8) is 0 Å². The van der Waals surface area contributed by atoms with Crippen molar-refractivity contribution < 1.29 is 13.9 Å². The van der Waals surface area contributed by atoms with Crippen LogP contribution in [0.25, 0.3) is 0 Å².